The molecule has 4 rings (SSSR count). The molecule has 0 aromatic heterocycles. The van der Waals surface area contributed by atoms with E-state index in [1.807, 2.05) is 45.1 Å². The molecule has 37 heavy (non-hydrogen) atoms. The topological polar surface area (TPSA) is 84.6 Å². The first-order chi connectivity index (χ1) is 16.6. The first-order valence-corrected chi connectivity index (χ1v) is 11.7. The number of nitrogens with one attached hydrogen (secondary N) is 1. The lowest BCUT2D eigenvalue weighted by atomic mass is 10.2. The Balaban J connectivity index is 0.000000665. The summed E-state index contributed by atoms with van der Waals surface area (Å²) in [5.41, 5.74) is 6.34. The monoisotopic (exact) mass is 558 g/mol. The zero-order chi connectivity index (χ0) is 26.0. The van der Waals surface area contributed by atoms with Gasteiger partial charge in [0.25, 0.3) is 0 Å². The second-order valence-electron chi connectivity index (χ2n) is 9.48. The van der Waals surface area contributed by atoms with Crippen LogP contribution in [-0.4, -0.2) is 36.0 Å². The standard InChI is InChI=1S/C16H20FNO2.C11H12FN.CH4O.2ClH/c1-16(2,3)20-15(19)18-14-10-12(14)9-8-11-6-4-5-7-13(11)17;12-10-4-2-1-3-8(10)5-6-9-7-11(9)13;1-2;;/h4-9,12,14H,10H2,1-3H3,(H,18,19);1-6,9,11H,7,13H2;2H,1H3;2*1H/b9-8+;6-5+;;;. The smallest absolute Gasteiger partial charge is 0.407 e. The minimum atomic E-state index is -0.489. The van der Waals surface area contributed by atoms with Crippen LogP contribution in [0.25, 0.3) is 12.2 Å². The van der Waals surface area contributed by atoms with E-state index in [4.69, 9.17) is 15.6 Å². The van der Waals surface area contributed by atoms with E-state index >= 15 is 0 Å². The molecule has 4 N–H and O–H groups in total. The van der Waals surface area contributed by atoms with Crippen molar-refractivity contribution in [1.82, 2.24) is 5.32 Å². The zero-order valence-corrected chi connectivity index (χ0v) is 23.2. The Morgan fingerprint density at radius 1 is 0.919 bits per heavy atom. The average molecular weight is 560 g/mol. The van der Waals surface area contributed by atoms with Crippen LogP contribution in [0.2, 0.25) is 0 Å². The minimum absolute atomic E-state index is 0. The number of benzene rings is 2. The summed E-state index contributed by atoms with van der Waals surface area (Å²) in [6, 6.07) is 13.8. The maximum atomic E-state index is 13.4. The molecule has 0 bridgehead atoms. The van der Waals surface area contributed by atoms with Gasteiger partial charge in [-0.15, -0.1) is 24.8 Å². The van der Waals surface area contributed by atoms with E-state index in [9.17, 15) is 13.6 Å². The van der Waals surface area contributed by atoms with Crippen LogP contribution in [0, 0.1) is 23.5 Å². The van der Waals surface area contributed by atoms with Gasteiger partial charge >= 0.3 is 6.09 Å². The molecular weight excluding hydrogens is 521 g/mol. The molecule has 2 aromatic carbocycles. The quantitative estimate of drug-likeness (QED) is 0.397. The van der Waals surface area contributed by atoms with Crippen LogP contribution in [0.3, 0.4) is 0 Å². The summed E-state index contributed by atoms with van der Waals surface area (Å²) in [4.78, 5) is 11.6. The van der Waals surface area contributed by atoms with Gasteiger partial charge in [0.15, 0.2) is 0 Å². The fraction of sp³-hybridized carbons (Fsp3) is 0.393. The Morgan fingerprint density at radius 2 is 1.35 bits per heavy atom. The van der Waals surface area contributed by atoms with E-state index in [1.165, 1.54) is 12.1 Å². The van der Waals surface area contributed by atoms with Crippen molar-refractivity contribution in [3.63, 3.8) is 0 Å². The number of aliphatic hydroxyl groups excluding tert-OH is 1. The van der Waals surface area contributed by atoms with Crippen LogP contribution in [0.15, 0.2) is 60.7 Å². The van der Waals surface area contributed by atoms with Gasteiger partial charge in [-0.2, -0.15) is 0 Å². The van der Waals surface area contributed by atoms with Crippen molar-refractivity contribution in [3.05, 3.63) is 83.4 Å². The predicted octanol–water partition coefficient (Wildman–Crippen LogP) is 6.39. The molecule has 4 atom stereocenters. The van der Waals surface area contributed by atoms with Crippen LogP contribution in [-0.2, 0) is 4.74 Å². The zero-order valence-electron chi connectivity index (χ0n) is 21.6. The largest absolute Gasteiger partial charge is 0.444 e. The van der Waals surface area contributed by atoms with E-state index < -0.39 is 11.7 Å². The number of rotatable bonds is 5. The van der Waals surface area contributed by atoms with Crippen molar-refractivity contribution >= 4 is 43.1 Å². The number of alkyl carbamates (subject to hydrolysis) is 1. The van der Waals surface area contributed by atoms with Gasteiger partial charge in [-0.05, 0) is 57.6 Å². The van der Waals surface area contributed by atoms with Crippen LogP contribution in [0.1, 0.15) is 44.7 Å². The molecule has 2 fully saturated rings. The summed E-state index contributed by atoms with van der Waals surface area (Å²) < 4.78 is 31.7. The lowest BCUT2D eigenvalue weighted by Gasteiger charge is -2.19. The molecule has 9 heteroatoms. The maximum absolute atomic E-state index is 13.4. The van der Waals surface area contributed by atoms with Crippen molar-refractivity contribution in [2.75, 3.05) is 7.11 Å². The highest BCUT2D eigenvalue weighted by Gasteiger charge is 2.37. The van der Waals surface area contributed by atoms with Crippen LogP contribution in [0.4, 0.5) is 13.6 Å². The number of amides is 1. The molecule has 2 aliphatic rings. The van der Waals surface area contributed by atoms with Gasteiger partial charge in [0.05, 0.1) is 0 Å². The lowest BCUT2D eigenvalue weighted by Crippen LogP contribution is -2.34. The van der Waals surface area contributed by atoms with E-state index in [1.54, 1.807) is 36.4 Å². The first kappa shape index (κ1) is 34.6. The normalized spacial score (nSPS) is 21.3. The molecule has 1 amide bonds. The SMILES string of the molecule is CC(C)(C)OC(=O)NC1CC1/C=C/c1ccccc1F.CO.Cl.Cl.NC1CC1/C=C/c1ccccc1F. The molecule has 0 aliphatic heterocycles. The van der Waals surface area contributed by atoms with Crippen molar-refractivity contribution in [1.29, 1.82) is 0 Å². The van der Waals surface area contributed by atoms with E-state index in [2.05, 4.69) is 5.32 Å². The number of aliphatic hydroxyl groups is 1. The number of nitrogens with two attached hydrogens (primary N) is 1. The number of halogens is 4. The molecule has 206 valence electrons. The van der Waals surface area contributed by atoms with Crippen LogP contribution in [0.5, 0.6) is 0 Å². The lowest BCUT2D eigenvalue weighted by molar-refractivity contribution is 0.0522. The van der Waals surface area contributed by atoms with Crippen molar-refractivity contribution in [2.24, 2.45) is 17.6 Å². The Kier molecular flexibility index (Phi) is 15.3. The summed E-state index contributed by atoms with van der Waals surface area (Å²) in [5, 5.41) is 9.81. The van der Waals surface area contributed by atoms with E-state index in [0.717, 1.165) is 20.0 Å². The van der Waals surface area contributed by atoms with Crippen molar-refractivity contribution < 1.29 is 23.4 Å². The Hall–Kier alpha value is -2.45. The van der Waals surface area contributed by atoms with Gasteiger partial charge in [0, 0.05) is 30.3 Å². The summed E-state index contributed by atoms with van der Waals surface area (Å²) >= 11 is 0. The van der Waals surface area contributed by atoms with Crippen molar-refractivity contribution in [3.8, 4) is 0 Å². The Bertz CT molecular complexity index is 1030. The number of carbonyl (C=O) groups is 1. The number of hydrogen-bond acceptors (Lipinski definition) is 4. The second-order valence-corrected chi connectivity index (χ2v) is 9.48. The van der Waals surface area contributed by atoms with Gasteiger partial charge in [0.2, 0.25) is 0 Å². The van der Waals surface area contributed by atoms with Gasteiger partial charge in [-0.1, -0.05) is 60.7 Å². The first-order valence-electron chi connectivity index (χ1n) is 11.7. The van der Waals surface area contributed by atoms with Crippen molar-refractivity contribution in [2.45, 2.75) is 51.3 Å². The van der Waals surface area contributed by atoms with E-state index in [-0.39, 0.29) is 48.4 Å². The summed E-state index contributed by atoms with van der Waals surface area (Å²) in [6.45, 7) is 5.49. The third-order valence-corrected chi connectivity index (χ3v) is 5.29. The van der Waals surface area contributed by atoms with Gasteiger partial charge in [0.1, 0.15) is 17.2 Å². The second kappa shape index (κ2) is 16.4. The maximum Gasteiger partial charge on any atom is 0.407 e. The average Bonchev–Trinajstić information content (AvgIpc) is 3.71. The molecule has 0 saturated heterocycles. The Labute approximate surface area is 231 Å². The third-order valence-electron chi connectivity index (χ3n) is 5.29. The van der Waals surface area contributed by atoms with Crippen LogP contribution < -0.4 is 11.1 Å². The summed E-state index contributed by atoms with van der Waals surface area (Å²) in [6.07, 6.45) is 8.99. The molecule has 5 nitrogen and oxygen atoms in total. The highest BCUT2D eigenvalue weighted by atomic mass is 35.5. The van der Waals surface area contributed by atoms with Gasteiger partial charge in [-0.3, -0.25) is 0 Å². The highest BCUT2D eigenvalue weighted by molar-refractivity contribution is 5.85. The molecule has 2 aliphatic carbocycles. The molecular formula is C28H38Cl2F2N2O3. The highest BCUT2D eigenvalue weighted by Crippen LogP contribution is 2.33. The van der Waals surface area contributed by atoms with Gasteiger partial charge in [-0.25, -0.2) is 13.6 Å². The summed E-state index contributed by atoms with van der Waals surface area (Å²) in [7, 11) is 1.00. The predicted molar refractivity (Wildman–Crippen MR) is 151 cm³/mol. The molecule has 2 aromatic rings. The number of ether oxygens (including phenoxy) is 1. The molecule has 0 radical (unpaired) electrons. The molecule has 0 spiro atoms. The molecule has 0 heterocycles. The molecule has 2 saturated carbocycles. The van der Waals surface area contributed by atoms with Gasteiger partial charge < -0.3 is 20.9 Å². The fourth-order valence-electron chi connectivity index (χ4n) is 3.18. The number of hydrogen-bond donors (Lipinski definition) is 3. The van der Waals surface area contributed by atoms with E-state index in [0.29, 0.717) is 23.1 Å². The summed E-state index contributed by atoms with van der Waals surface area (Å²) in [5.74, 6) is 0.302. The number of carbonyl (C=O) groups excluding carboxylic acids is 1. The molecule has 4 unspecified atom stereocenters. The minimum Gasteiger partial charge on any atom is -0.444 e. The Morgan fingerprint density at radius 3 is 1.76 bits per heavy atom. The fourth-order valence-corrected chi connectivity index (χ4v) is 3.18. The van der Waals surface area contributed by atoms with Crippen LogP contribution >= 0.6 is 24.8 Å². The third kappa shape index (κ3) is 13.1.